The van der Waals surface area contributed by atoms with E-state index in [-0.39, 0.29) is 18.8 Å². The fourth-order valence-corrected chi connectivity index (χ4v) is 1.52. The Morgan fingerprint density at radius 3 is 2.86 bits per heavy atom. The van der Waals surface area contributed by atoms with Gasteiger partial charge in [0.25, 0.3) is 5.69 Å². The fourth-order valence-electron chi connectivity index (χ4n) is 1.02. The van der Waals surface area contributed by atoms with Crippen LogP contribution < -0.4 is 5.32 Å². The molecule has 5 nitrogen and oxygen atoms in total. The lowest BCUT2D eigenvalue weighted by Gasteiger charge is -2.06. The molecule has 0 saturated heterocycles. The van der Waals surface area contributed by atoms with Gasteiger partial charge < -0.3 is 10.4 Å². The third-order valence-electron chi connectivity index (χ3n) is 1.60. The van der Waals surface area contributed by atoms with E-state index in [1.54, 1.807) is 12.1 Å². The lowest BCUT2D eigenvalue weighted by Crippen LogP contribution is -2.07. The maximum absolute atomic E-state index is 10.6. The highest BCUT2D eigenvalue weighted by molar-refractivity contribution is 9.10. The van der Waals surface area contributed by atoms with Gasteiger partial charge in [0.2, 0.25) is 0 Å². The van der Waals surface area contributed by atoms with Crippen molar-refractivity contribution in [2.45, 2.75) is 0 Å². The molecule has 1 rings (SSSR count). The van der Waals surface area contributed by atoms with Crippen molar-refractivity contribution in [2.75, 3.05) is 18.5 Å². The maximum Gasteiger partial charge on any atom is 0.293 e. The predicted octanol–water partition coefficient (Wildman–Crippen LogP) is 1.76. The number of halogens is 1. The molecule has 0 aromatic heterocycles. The van der Waals surface area contributed by atoms with Crippen molar-refractivity contribution in [2.24, 2.45) is 0 Å². The zero-order valence-electron chi connectivity index (χ0n) is 7.24. The smallest absolute Gasteiger partial charge is 0.293 e. The van der Waals surface area contributed by atoms with Crippen LogP contribution in [0, 0.1) is 10.1 Å². The van der Waals surface area contributed by atoms with Crippen LogP contribution in [-0.2, 0) is 0 Å². The van der Waals surface area contributed by atoms with E-state index in [4.69, 9.17) is 5.11 Å². The molecule has 0 atom stereocenters. The van der Waals surface area contributed by atoms with Crippen LogP contribution in [0.4, 0.5) is 11.4 Å². The summed E-state index contributed by atoms with van der Waals surface area (Å²) in [6.45, 7) is 0.210. The van der Waals surface area contributed by atoms with Crippen LogP contribution in [0.5, 0.6) is 0 Å². The van der Waals surface area contributed by atoms with Crippen molar-refractivity contribution in [3.8, 4) is 0 Å². The molecule has 0 bridgehead atoms. The summed E-state index contributed by atoms with van der Waals surface area (Å²) in [5, 5.41) is 22.0. The van der Waals surface area contributed by atoms with Crippen LogP contribution in [0.25, 0.3) is 0 Å². The molecule has 0 radical (unpaired) electrons. The zero-order valence-corrected chi connectivity index (χ0v) is 8.82. The van der Waals surface area contributed by atoms with Crippen molar-refractivity contribution < 1.29 is 10.0 Å². The van der Waals surface area contributed by atoms with Gasteiger partial charge in [0.05, 0.1) is 11.5 Å². The molecule has 0 aliphatic heterocycles. The van der Waals surface area contributed by atoms with Crippen LogP contribution in [0.2, 0.25) is 0 Å². The van der Waals surface area contributed by atoms with Gasteiger partial charge in [0, 0.05) is 17.1 Å². The molecule has 0 heterocycles. The summed E-state index contributed by atoms with van der Waals surface area (Å²) in [5.41, 5.74) is 0.388. The summed E-state index contributed by atoms with van der Waals surface area (Å²) >= 11 is 3.20. The van der Waals surface area contributed by atoms with E-state index in [0.717, 1.165) is 0 Å². The highest BCUT2D eigenvalue weighted by atomic mass is 79.9. The van der Waals surface area contributed by atoms with Gasteiger partial charge in [0.1, 0.15) is 5.69 Å². The topological polar surface area (TPSA) is 75.4 Å². The number of nitro benzene ring substituents is 1. The number of aliphatic hydroxyl groups is 1. The third kappa shape index (κ3) is 2.43. The molecule has 0 amide bonds. The average molecular weight is 261 g/mol. The molecule has 2 N–H and O–H groups in total. The van der Waals surface area contributed by atoms with E-state index < -0.39 is 4.92 Å². The first-order chi connectivity index (χ1) is 6.66. The number of hydrogen-bond acceptors (Lipinski definition) is 4. The molecule has 0 spiro atoms. The molecule has 0 saturated carbocycles. The second-order valence-corrected chi connectivity index (χ2v) is 3.40. The number of rotatable bonds is 4. The first kappa shape index (κ1) is 10.9. The lowest BCUT2D eigenvalue weighted by atomic mass is 10.2. The molecule has 1 aromatic carbocycles. The molecule has 0 fully saturated rings. The largest absolute Gasteiger partial charge is 0.395 e. The first-order valence-electron chi connectivity index (χ1n) is 3.94. The Hall–Kier alpha value is -1.14. The number of nitrogens with zero attached hydrogens (tertiary/aromatic N) is 1. The number of benzene rings is 1. The number of nitrogens with one attached hydrogen (secondary N) is 1. The molecule has 76 valence electrons. The fraction of sp³-hybridized carbons (Fsp3) is 0.250. The first-order valence-corrected chi connectivity index (χ1v) is 4.73. The van der Waals surface area contributed by atoms with Crippen molar-refractivity contribution in [3.63, 3.8) is 0 Å². The minimum atomic E-state index is -0.468. The Kier molecular flexibility index (Phi) is 3.84. The third-order valence-corrected chi connectivity index (χ3v) is 2.26. The molecule has 0 unspecified atom stereocenters. The molecule has 6 heteroatoms. The van der Waals surface area contributed by atoms with Crippen molar-refractivity contribution in [1.82, 2.24) is 0 Å². The Labute approximate surface area is 89.0 Å². The van der Waals surface area contributed by atoms with Crippen LogP contribution in [0.1, 0.15) is 0 Å². The van der Waals surface area contributed by atoms with Crippen molar-refractivity contribution in [3.05, 3.63) is 32.8 Å². The monoisotopic (exact) mass is 260 g/mol. The average Bonchev–Trinajstić information content (AvgIpc) is 2.15. The van der Waals surface area contributed by atoms with Gasteiger partial charge >= 0.3 is 0 Å². The Morgan fingerprint density at radius 2 is 2.29 bits per heavy atom. The number of anilines is 1. The second kappa shape index (κ2) is 4.92. The SMILES string of the molecule is O=[N+]([O-])c1cccc(Br)c1NCCO. The number of aliphatic hydroxyl groups excluding tert-OH is 1. The standard InChI is InChI=1S/C8H9BrN2O3/c9-6-2-1-3-7(11(13)14)8(6)10-4-5-12/h1-3,10,12H,4-5H2. The molecule has 1 aromatic rings. The normalized spacial score (nSPS) is 9.86. The van der Waals surface area contributed by atoms with Gasteiger partial charge in [-0.15, -0.1) is 0 Å². The highest BCUT2D eigenvalue weighted by Gasteiger charge is 2.15. The van der Waals surface area contributed by atoms with Gasteiger partial charge in [0.15, 0.2) is 0 Å². The summed E-state index contributed by atoms with van der Waals surface area (Å²) in [7, 11) is 0. The Balaban J connectivity index is 3.02. The Morgan fingerprint density at radius 1 is 1.57 bits per heavy atom. The van der Waals surface area contributed by atoms with Crippen LogP contribution in [0.15, 0.2) is 22.7 Å². The second-order valence-electron chi connectivity index (χ2n) is 2.54. The number of para-hydroxylation sites is 1. The van der Waals surface area contributed by atoms with Gasteiger partial charge in [-0.05, 0) is 22.0 Å². The van der Waals surface area contributed by atoms with Gasteiger partial charge in [-0.25, -0.2) is 0 Å². The quantitative estimate of drug-likeness (QED) is 0.639. The van der Waals surface area contributed by atoms with Crippen molar-refractivity contribution in [1.29, 1.82) is 0 Å². The van der Waals surface area contributed by atoms with E-state index in [9.17, 15) is 10.1 Å². The molecule has 0 aliphatic rings. The van der Waals surface area contributed by atoms with E-state index in [1.807, 2.05) is 0 Å². The van der Waals surface area contributed by atoms with E-state index in [2.05, 4.69) is 21.2 Å². The molecular formula is C8H9BrN2O3. The molecule has 0 aliphatic carbocycles. The number of hydrogen-bond donors (Lipinski definition) is 2. The van der Waals surface area contributed by atoms with Crippen LogP contribution in [-0.4, -0.2) is 23.2 Å². The van der Waals surface area contributed by atoms with E-state index in [0.29, 0.717) is 10.2 Å². The van der Waals surface area contributed by atoms with Crippen molar-refractivity contribution >= 4 is 27.3 Å². The molecule has 14 heavy (non-hydrogen) atoms. The minimum Gasteiger partial charge on any atom is -0.395 e. The van der Waals surface area contributed by atoms with Gasteiger partial charge in [-0.3, -0.25) is 10.1 Å². The van der Waals surface area contributed by atoms with E-state index in [1.165, 1.54) is 6.07 Å². The maximum atomic E-state index is 10.6. The predicted molar refractivity (Wildman–Crippen MR) is 56.4 cm³/mol. The molecular weight excluding hydrogens is 252 g/mol. The van der Waals surface area contributed by atoms with E-state index >= 15 is 0 Å². The van der Waals surface area contributed by atoms with Gasteiger partial charge in [-0.2, -0.15) is 0 Å². The summed E-state index contributed by atoms with van der Waals surface area (Å²) < 4.78 is 0.611. The summed E-state index contributed by atoms with van der Waals surface area (Å²) in [5.74, 6) is 0. The van der Waals surface area contributed by atoms with Gasteiger partial charge in [-0.1, -0.05) is 6.07 Å². The zero-order chi connectivity index (χ0) is 10.6. The van der Waals surface area contributed by atoms with Crippen LogP contribution >= 0.6 is 15.9 Å². The minimum absolute atomic E-state index is 0.00664. The highest BCUT2D eigenvalue weighted by Crippen LogP contribution is 2.31. The summed E-state index contributed by atoms with van der Waals surface area (Å²) in [4.78, 5) is 10.2. The van der Waals surface area contributed by atoms with Crippen LogP contribution in [0.3, 0.4) is 0 Å². The number of nitro groups is 1. The Bertz CT molecular complexity index is 343. The lowest BCUT2D eigenvalue weighted by molar-refractivity contribution is -0.384. The summed E-state index contributed by atoms with van der Waals surface area (Å²) in [6, 6.07) is 4.70. The summed E-state index contributed by atoms with van der Waals surface area (Å²) in [6.07, 6.45) is 0.